The van der Waals surface area contributed by atoms with Gasteiger partial charge in [-0.1, -0.05) is 37.3 Å². The molecule has 0 aliphatic heterocycles. The molecule has 0 bridgehead atoms. The molecule has 0 heterocycles. The molecule has 0 aliphatic carbocycles. The van der Waals surface area contributed by atoms with Gasteiger partial charge in [-0.2, -0.15) is 0 Å². The Labute approximate surface area is 99.5 Å². The van der Waals surface area contributed by atoms with Gasteiger partial charge in [-0.15, -0.1) is 0 Å². The van der Waals surface area contributed by atoms with E-state index in [1.807, 2.05) is 6.07 Å². The number of nitrogens with two attached hydrogens (primary N) is 1. The second kappa shape index (κ2) is 6.66. The van der Waals surface area contributed by atoms with Gasteiger partial charge in [0.2, 0.25) is 0 Å². The smallest absolute Gasteiger partial charge is 0.0208 e. The van der Waals surface area contributed by atoms with Crippen LogP contribution < -0.4 is 5.73 Å². The van der Waals surface area contributed by atoms with Crippen molar-refractivity contribution in [3.8, 4) is 0 Å². The quantitative estimate of drug-likeness (QED) is 0.797. The second-order valence-electron chi connectivity index (χ2n) is 4.65. The zero-order valence-electron chi connectivity index (χ0n) is 10.7. The zero-order chi connectivity index (χ0) is 12.0. The molecule has 0 saturated carbocycles. The summed E-state index contributed by atoms with van der Waals surface area (Å²) in [6.45, 7) is 5.42. The molecule has 0 amide bonds. The number of benzene rings is 1. The van der Waals surface area contributed by atoms with E-state index in [1.165, 1.54) is 12.0 Å². The highest BCUT2D eigenvalue weighted by Crippen LogP contribution is 2.05. The minimum absolute atomic E-state index is 0.224. The van der Waals surface area contributed by atoms with Crippen LogP contribution in [0.4, 0.5) is 0 Å². The molecule has 2 unspecified atom stereocenters. The van der Waals surface area contributed by atoms with Gasteiger partial charge in [-0.25, -0.2) is 0 Å². The number of likely N-dealkylation sites (N-methyl/N-ethyl adjacent to an activating group) is 1. The average Bonchev–Trinajstić information content (AvgIpc) is 2.29. The maximum atomic E-state index is 6.16. The van der Waals surface area contributed by atoms with Crippen molar-refractivity contribution in [2.24, 2.45) is 5.73 Å². The first kappa shape index (κ1) is 13.2. The molecule has 0 radical (unpaired) electrons. The van der Waals surface area contributed by atoms with Gasteiger partial charge in [0, 0.05) is 18.6 Å². The molecule has 1 aromatic rings. The SMILES string of the molecule is CCC(C)N(C)CC(N)Cc1ccccc1. The molecule has 0 aromatic heterocycles. The Balaban J connectivity index is 2.39. The summed E-state index contributed by atoms with van der Waals surface area (Å²) in [4.78, 5) is 2.34. The molecule has 90 valence electrons. The maximum Gasteiger partial charge on any atom is 0.0208 e. The fourth-order valence-corrected chi connectivity index (χ4v) is 1.84. The summed E-state index contributed by atoms with van der Waals surface area (Å²) in [7, 11) is 2.15. The highest BCUT2D eigenvalue weighted by Gasteiger charge is 2.11. The fourth-order valence-electron chi connectivity index (χ4n) is 1.84. The zero-order valence-corrected chi connectivity index (χ0v) is 10.7. The van der Waals surface area contributed by atoms with E-state index in [0.29, 0.717) is 6.04 Å². The summed E-state index contributed by atoms with van der Waals surface area (Å²) in [5, 5.41) is 0. The van der Waals surface area contributed by atoms with Crippen LogP contribution in [-0.4, -0.2) is 30.6 Å². The lowest BCUT2D eigenvalue weighted by Gasteiger charge is -2.26. The van der Waals surface area contributed by atoms with Crippen LogP contribution >= 0.6 is 0 Å². The van der Waals surface area contributed by atoms with Crippen molar-refractivity contribution in [1.29, 1.82) is 0 Å². The van der Waals surface area contributed by atoms with Crippen molar-refractivity contribution in [3.05, 3.63) is 35.9 Å². The van der Waals surface area contributed by atoms with Crippen molar-refractivity contribution in [2.45, 2.75) is 38.8 Å². The Bertz CT molecular complexity index is 284. The molecule has 0 aliphatic rings. The third kappa shape index (κ3) is 4.33. The molecule has 0 saturated heterocycles. The van der Waals surface area contributed by atoms with Crippen LogP contribution in [0.25, 0.3) is 0 Å². The molecule has 1 aromatic carbocycles. The van der Waals surface area contributed by atoms with Crippen molar-refractivity contribution in [2.75, 3.05) is 13.6 Å². The molecule has 0 spiro atoms. The molecule has 1 rings (SSSR count). The van der Waals surface area contributed by atoms with Crippen LogP contribution in [0.15, 0.2) is 30.3 Å². The van der Waals surface area contributed by atoms with E-state index in [4.69, 9.17) is 5.73 Å². The van der Waals surface area contributed by atoms with Crippen LogP contribution in [0.2, 0.25) is 0 Å². The minimum atomic E-state index is 0.224. The minimum Gasteiger partial charge on any atom is -0.326 e. The summed E-state index contributed by atoms with van der Waals surface area (Å²) in [5.41, 5.74) is 7.48. The third-order valence-corrected chi connectivity index (χ3v) is 3.21. The number of nitrogens with zero attached hydrogens (tertiary/aromatic N) is 1. The summed E-state index contributed by atoms with van der Waals surface area (Å²) in [6.07, 6.45) is 2.14. The van der Waals surface area contributed by atoms with E-state index >= 15 is 0 Å². The number of hydrogen-bond acceptors (Lipinski definition) is 2. The van der Waals surface area contributed by atoms with Crippen LogP contribution in [0.3, 0.4) is 0 Å². The molecule has 2 nitrogen and oxygen atoms in total. The lowest BCUT2D eigenvalue weighted by molar-refractivity contribution is 0.236. The first-order valence-electron chi connectivity index (χ1n) is 6.13. The van der Waals surface area contributed by atoms with Crippen LogP contribution in [0, 0.1) is 0 Å². The highest BCUT2D eigenvalue weighted by molar-refractivity contribution is 5.15. The Hall–Kier alpha value is -0.860. The topological polar surface area (TPSA) is 29.3 Å². The predicted octanol–water partition coefficient (Wildman–Crippen LogP) is 2.29. The lowest BCUT2D eigenvalue weighted by Crippen LogP contribution is -2.40. The van der Waals surface area contributed by atoms with Crippen molar-refractivity contribution >= 4 is 0 Å². The van der Waals surface area contributed by atoms with E-state index < -0.39 is 0 Å². The van der Waals surface area contributed by atoms with Crippen molar-refractivity contribution in [3.63, 3.8) is 0 Å². The van der Waals surface area contributed by atoms with E-state index in [1.54, 1.807) is 0 Å². The Morgan fingerprint density at radius 3 is 2.44 bits per heavy atom. The molecular formula is C14H24N2. The summed E-state index contributed by atoms with van der Waals surface area (Å²) < 4.78 is 0. The lowest BCUT2D eigenvalue weighted by atomic mass is 10.1. The Kier molecular flexibility index (Phi) is 5.50. The molecule has 0 fully saturated rings. The maximum absolute atomic E-state index is 6.16. The second-order valence-corrected chi connectivity index (χ2v) is 4.65. The van der Waals surface area contributed by atoms with E-state index in [-0.39, 0.29) is 6.04 Å². The molecular weight excluding hydrogens is 196 g/mol. The van der Waals surface area contributed by atoms with Gasteiger partial charge in [0.25, 0.3) is 0 Å². The van der Waals surface area contributed by atoms with Crippen molar-refractivity contribution in [1.82, 2.24) is 4.90 Å². The van der Waals surface area contributed by atoms with Crippen LogP contribution in [-0.2, 0) is 6.42 Å². The molecule has 2 atom stereocenters. The number of hydrogen-bond donors (Lipinski definition) is 1. The largest absolute Gasteiger partial charge is 0.326 e. The summed E-state index contributed by atoms with van der Waals surface area (Å²) in [5.74, 6) is 0. The van der Waals surface area contributed by atoms with Crippen molar-refractivity contribution < 1.29 is 0 Å². The Morgan fingerprint density at radius 1 is 1.25 bits per heavy atom. The fraction of sp³-hybridized carbons (Fsp3) is 0.571. The van der Waals surface area contributed by atoms with E-state index in [2.05, 4.69) is 50.1 Å². The van der Waals surface area contributed by atoms with Gasteiger partial charge in [0.1, 0.15) is 0 Å². The van der Waals surface area contributed by atoms with Crippen LogP contribution in [0.5, 0.6) is 0 Å². The van der Waals surface area contributed by atoms with Gasteiger partial charge in [0.15, 0.2) is 0 Å². The molecule has 2 N–H and O–H groups in total. The van der Waals surface area contributed by atoms with E-state index in [0.717, 1.165) is 13.0 Å². The van der Waals surface area contributed by atoms with E-state index in [9.17, 15) is 0 Å². The van der Waals surface area contributed by atoms with Gasteiger partial charge in [-0.05, 0) is 32.4 Å². The molecule has 2 heteroatoms. The summed E-state index contributed by atoms with van der Waals surface area (Å²) in [6, 6.07) is 11.3. The monoisotopic (exact) mass is 220 g/mol. The number of rotatable bonds is 6. The van der Waals surface area contributed by atoms with Gasteiger partial charge >= 0.3 is 0 Å². The first-order valence-corrected chi connectivity index (χ1v) is 6.13. The third-order valence-electron chi connectivity index (χ3n) is 3.21. The van der Waals surface area contributed by atoms with Gasteiger partial charge in [-0.3, -0.25) is 0 Å². The summed E-state index contributed by atoms with van der Waals surface area (Å²) >= 11 is 0. The average molecular weight is 220 g/mol. The van der Waals surface area contributed by atoms with Crippen LogP contribution in [0.1, 0.15) is 25.8 Å². The standard InChI is InChI=1S/C14H24N2/c1-4-12(2)16(3)11-14(15)10-13-8-6-5-7-9-13/h5-9,12,14H,4,10-11,15H2,1-3H3. The van der Waals surface area contributed by atoms with Gasteiger partial charge < -0.3 is 10.6 Å². The Morgan fingerprint density at radius 2 is 1.88 bits per heavy atom. The van der Waals surface area contributed by atoms with Gasteiger partial charge in [0.05, 0.1) is 0 Å². The molecule has 16 heavy (non-hydrogen) atoms. The highest BCUT2D eigenvalue weighted by atomic mass is 15.1. The predicted molar refractivity (Wildman–Crippen MR) is 70.5 cm³/mol. The normalized spacial score (nSPS) is 15.1. The first-order chi connectivity index (χ1) is 7.63.